The molecule has 122 valence electrons. The fourth-order valence-electron chi connectivity index (χ4n) is 3.02. The molecule has 4 rings (SSSR count). The van der Waals surface area contributed by atoms with Gasteiger partial charge in [-0.25, -0.2) is 4.98 Å². The highest BCUT2D eigenvalue weighted by molar-refractivity contribution is 6.31. The zero-order valence-corrected chi connectivity index (χ0v) is 13.4. The first kappa shape index (κ1) is 15.1. The number of halogens is 1. The predicted octanol–water partition coefficient (Wildman–Crippen LogP) is 1.91. The monoisotopic (exact) mass is 343 g/mol. The van der Waals surface area contributed by atoms with Gasteiger partial charge in [-0.05, 0) is 31.0 Å². The number of hydrogen-bond acceptors (Lipinski definition) is 4. The fraction of sp³-hybridized carbons (Fsp3) is 0.294. The molecule has 7 heteroatoms. The molecule has 1 aliphatic carbocycles. The Bertz CT molecular complexity index is 879. The number of amides is 3. The predicted molar refractivity (Wildman–Crippen MR) is 87.5 cm³/mol. The molecule has 1 saturated heterocycles. The lowest BCUT2D eigenvalue weighted by Gasteiger charge is -2.26. The molecule has 1 N–H and O–H groups in total. The highest BCUT2D eigenvalue weighted by Crippen LogP contribution is 2.32. The Morgan fingerprint density at radius 1 is 1.21 bits per heavy atom. The fourth-order valence-corrected chi connectivity index (χ4v) is 3.19. The van der Waals surface area contributed by atoms with Gasteiger partial charge in [-0.1, -0.05) is 23.7 Å². The van der Waals surface area contributed by atoms with E-state index in [0.717, 1.165) is 18.2 Å². The summed E-state index contributed by atoms with van der Waals surface area (Å²) in [4.78, 5) is 42.3. The second-order valence-electron chi connectivity index (χ2n) is 6.11. The maximum Gasteiger partial charge on any atom is 0.273 e. The standard InChI is InChI=1S/C17H14ClN3O3/c18-10-3-1-9-2-6-12(19-13(9)7-10)17(24)21(11-4-5-11)14-8-15(22)20-16(14)23/h1-3,6-7,11,14H,4-5,8H2,(H,20,22,23)/t14-/m1/s1. The largest absolute Gasteiger partial charge is 0.322 e. The summed E-state index contributed by atoms with van der Waals surface area (Å²) in [6.45, 7) is 0. The van der Waals surface area contributed by atoms with Gasteiger partial charge in [0.15, 0.2) is 0 Å². The van der Waals surface area contributed by atoms with Crippen molar-refractivity contribution in [1.29, 1.82) is 0 Å². The Morgan fingerprint density at radius 2 is 1.96 bits per heavy atom. The summed E-state index contributed by atoms with van der Waals surface area (Å²) in [5.74, 6) is -1.08. The molecule has 0 spiro atoms. The van der Waals surface area contributed by atoms with Crippen LogP contribution in [-0.4, -0.2) is 39.7 Å². The van der Waals surface area contributed by atoms with Gasteiger partial charge in [0, 0.05) is 16.5 Å². The average Bonchev–Trinajstić information content (AvgIpc) is 3.32. The number of fused-ring (bicyclic) bond motifs is 1. The van der Waals surface area contributed by atoms with E-state index in [4.69, 9.17) is 11.6 Å². The molecule has 1 atom stereocenters. The number of imide groups is 1. The van der Waals surface area contributed by atoms with Gasteiger partial charge in [-0.3, -0.25) is 19.7 Å². The topological polar surface area (TPSA) is 79.4 Å². The molecule has 0 radical (unpaired) electrons. The van der Waals surface area contributed by atoms with Gasteiger partial charge >= 0.3 is 0 Å². The van der Waals surface area contributed by atoms with Gasteiger partial charge < -0.3 is 4.90 Å². The van der Waals surface area contributed by atoms with Crippen molar-refractivity contribution < 1.29 is 14.4 Å². The van der Waals surface area contributed by atoms with Crippen LogP contribution in [-0.2, 0) is 9.59 Å². The van der Waals surface area contributed by atoms with Crippen molar-refractivity contribution in [3.8, 4) is 0 Å². The van der Waals surface area contributed by atoms with Crippen LogP contribution >= 0.6 is 11.6 Å². The number of carbonyl (C=O) groups is 3. The van der Waals surface area contributed by atoms with E-state index in [1.165, 1.54) is 4.90 Å². The molecule has 24 heavy (non-hydrogen) atoms. The highest BCUT2D eigenvalue weighted by atomic mass is 35.5. The summed E-state index contributed by atoms with van der Waals surface area (Å²) in [5.41, 5.74) is 0.875. The Morgan fingerprint density at radius 3 is 2.62 bits per heavy atom. The number of nitrogens with one attached hydrogen (secondary N) is 1. The Labute approximate surface area is 142 Å². The van der Waals surface area contributed by atoms with Gasteiger partial charge in [-0.2, -0.15) is 0 Å². The van der Waals surface area contributed by atoms with Crippen LogP contribution in [0.2, 0.25) is 5.02 Å². The van der Waals surface area contributed by atoms with Crippen molar-refractivity contribution in [2.75, 3.05) is 0 Å². The van der Waals surface area contributed by atoms with Crippen molar-refractivity contribution in [2.24, 2.45) is 0 Å². The normalized spacial score (nSPS) is 20.3. The SMILES string of the molecule is O=C1C[C@@H](N(C(=O)c2ccc3ccc(Cl)cc3n2)C2CC2)C(=O)N1. The Hall–Kier alpha value is -2.47. The van der Waals surface area contributed by atoms with E-state index in [9.17, 15) is 14.4 Å². The smallest absolute Gasteiger partial charge is 0.273 e. The molecule has 2 aromatic rings. The minimum absolute atomic E-state index is 0.00370. The lowest BCUT2D eigenvalue weighted by atomic mass is 10.1. The van der Waals surface area contributed by atoms with Crippen molar-refractivity contribution in [2.45, 2.75) is 31.3 Å². The lowest BCUT2D eigenvalue weighted by molar-refractivity contribution is -0.126. The summed E-state index contributed by atoms with van der Waals surface area (Å²) in [6, 6.07) is 7.99. The third-order valence-corrected chi connectivity index (χ3v) is 4.56. The van der Waals surface area contributed by atoms with Crippen LogP contribution in [0.5, 0.6) is 0 Å². The van der Waals surface area contributed by atoms with Crippen molar-refractivity contribution in [3.63, 3.8) is 0 Å². The molecule has 1 saturated carbocycles. The van der Waals surface area contributed by atoms with E-state index >= 15 is 0 Å². The molecular formula is C17H14ClN3O3. The van der Waals surface area contributed by atoms with Crippen LogP contribution in [0.25, 0.3) is 10.9 Å². The number of aromatic nitrogens is 1. The van der Waals surface area contributed by atoms with Gasteiger partial charge in [0.1, 0.15) is 11.7 Å². The molecule has 1 aliphatic heterocycles. The number of rotatable bonds is 3. The molecule has 2 aliphatic rings. The molecule has 3 amide bonds. The van der Waals surface area contributed by atoms with Crippen LogP contribution in [0.15, 0.2) is 30.3 Å². The van der Waals surface area contributed by atoms with Gasteiger partial charge in [0.2, 0.25) is 11.8 Å². The van der Waals surface area contributed by atoms with Gasteiger partial charge in [0.25, 0.3) is 5.91 Å². The molecule has 1 aromatic carbocycles. The first-order valence-electron chi connectivity index (χ1n) is 7.75. The molecule has 0 bridgehead atoms. The van der Waals surface area contributed by atoms with Crippen LogP contribution in [0.3, 0.4) is 0 Å². The third kappa shape index (κ3) is 2.63. The second kappa shape index (κ2) is 5.56. The maximum atomic E-state index is 12.9. The number of benzene rings is 1. The Kier molecular flexibility index (Phi) is 3.49. The molecule has 2 heterocycles. The molecule has 0 unspecified atom stereocenters. The summed E-state index contributed by atoms with van der Waals surface area (Å²) in [6.07, 6.45) is 1.69. The van der Waals surface area contributed by atoms with Gasteiger partial charge in [0.05, 0.1) is 11.9 Å². The number of carbonyl (C=O) groups excluding carboxylic acids is 3. The minimum atomic E-state index is -0.741. The molecule has 6 nitrogen and oxygen atoms in total. The van der Waals surface area contributed by atoms with Crippen LogP contribution in [0.4, 0.5) is 0 Å². The third-order valence-electron chi connectivity index (χ3n) is 4.33. The molecular weight excluding hydrogens is 330 g/mol. The first-order valence-corrected chi connectivity index (χ1v) is 8.13. The average molecular weight is 344 g/mol. The minimum Gasteiger partial charge on any atom is -0.322 e. The second-order valence-corrected chi connectivity index (χ2v) is 6.55. The van der Waals surface area contributed by atoms with E-state index in [-0.39, 0.29) is 30.0 Å². The summed E-state index contributed by atoms with van der Waals surface area (Å²) in [5, 5.41) is 3.68. The number of hydrogen-bond donors (Lipinski definition) is 1. The highest BCUT2D eigenvalue weighted by Gasteiger charge is 2.45. The maximum absolute atomic E-state index is 12.9. The zero-order valence-electron chi connectivity index (χ0n) is 12.7. The quantitative estimate of drug-likeness (QED) is 0.863. The van der Waals surface area contributed by atoms with E-state index in [0.29, 0.717) is 10.5 Å². The molecule has 1 aromatic heterocycles. The van der Waals surface area contributed by atoms with Crippen LogP contribution < -0.4 is 5.32 Å². The lowest BCUT2D eigenvalue weighted by Crippen LogP contribution is -2.46. The van der Waals surface area contributed by atoms with Crippen molar-refractivity contribution >= 4 is 40.2 Å². The summed E-state index contributed by atoms with van der Waals surface area (Å²) >= 11 is 5.99. The number of nitrogens with zero attached hydrogens (tertiary/aromatic N) is 2. The van der Waals surface area contributed by atoms with Crippen LogP contribution in [0, 0.1) is 0 Å². The van der Waals surface area contributed by atoms with Crippen LogP contribution in [0.1, 0.15) is 29.8 Å². The van der Waals surface area contributed by atoms with Gasteiger partial charge in [-0.15, -0.1) is 0 Å². The summed E-state index contributed by atoms with van der Waals surface area (Å²) < 4.78 is 0. The number of pyridine rings is 1. The van der Waals surface area contributed by atoms with E-state index < -0.39 is 11.9 Å². The zero-order chi connectivity index (χ0) is 16.8. The van der Waals surface area contributed by atoms with E-state index in [1.54, 1.807) is 24.3 Å². The van der Waals surface area contributed by atoms with Crippen molar-refractivity contribution in [3.05, 3.63) is 41.0 Å². The summed E-state index contributed by atoms with van der Waals surface area (Å²) in [7, 11) is 0. The Balaban J connectivity index is 1.70. The first-order chi connectivity index (χ1) is 11.5. The van der Waals surface area contributed by atoms with E-state index in [1.807, 2.05) is 6.07 Å². The molecule has 2 fully saturated rings. The van der Waals surface area contributed by atoms with Crippen molar-refractivity contribution in [1.82, 2.24) is 15.2 Å². The van der Waals surface area contributed by atoms with E-state index in [2.05, 4.69) is 10.3 Å².